The SMILES string of the molecule is CC1(C)OCCn2c1nc1c(N3CCOCC3)nc(-c3cnc4[nH]ccc4c3)nc12. The van der Waals surface area contributed by atoms with Crippen molar-refractivity contribution in [1.29, 1.82) is 0 Å². The molecule has 6 heterocycles. The molecule has 154 valence electrons. The van der Waals surface area contributed by atoms with Gasteiger partial charge >= 0.3 is 0 Å². The molecule has 4 aromatic rings. The highest BCUT2D eigenvalue weighted by Gasteiger charge is 2.34. The molecule has 0 amide bonds. The zero-order chi connectivity index (χ0) is 20.3. The average Bonchev–Trinajstić information content (AvgIpc) is 3.38. The Morgan fingerprint density at radius 2 is 1.93 bits per heavy atom. The van der Waals surface area contributed by atoms with Gasteiger partial charge in [-0.2, -0.15) is 0 Å². The van der Waals surface area contributed by atoms with Crippen molar-refractivity contribution >= 4 is 28.0 Å². The van der Waals surface area contributed by atoms with E-state index in [4.69, 9.17) is 24.4 Å². The zero-order valence-electron chi connectivity index (χ0n) is 17.1. The summed E-state index contributed by atoms with van der Waals surface area (Å²) < 4.78 is 13.7. The predicted octanol–water partition coefficient (Wildman–Crippen LogP) is 2.47. The minimum absolute atomic E-state index is 0.465. The molecule has 0 aromatic carbocycles. The van der Waals surface area contributed by atoms with Crippen molar-refractivity contribution in [1.82, 2.24) is 29.5 Å². The summed E-state index contributed by atoms with van der Waals surface area (Å²) in [6.45, 7) is 8.38. The quantitative estimate of drug-likeness (QED) is 0.547. The van der Waals surface area contributed by atoms with Crippen LogP contribution in [-0.2, 0) is 21.6 Å². The number of imidazole rings is 1. The molecule has 2 aliphatic rings. The summed E-state index contributed by atoms with van der Waals surface area (Å²) in [7, 11) is 0. The molecule has 30 heavy (non-hydrogen) atoms. The number of aromatic amines is 1. The molecule has 0 atom stereocenters. The summed E-state index contributed by atoms with van der Waals surface area (Å²) in [4.78, 5) is 24.8. The van der Waals surface area contributed by atoms with Crippen molar-refractivity contribution in [2.45, 2.75) is 26.0 Å². The highest BCUT2D eigenvalue weighted by atomic mass is 16.5. The molecule has 0 spiro atoms. The number of nitrogens with zero attached hydrogens (tertiary/aromatic N) is 6. The van der Waals surface area contributed by atoms with Gasteiger partial charge in [-0.25, -0.2) is 19.9 Å². The number of ether oxygens (including phenoxy) is 2. The third-order valence-corrected chi connectivity index (χ3v) is 5.86. The van der Waals surface area contributed by atoms with Crippen molar-refractivity contribution in [2.75, 3.05) is 37.8 Å². The first kappa shape index (κ1) is 17.8. The Bertz CT molecular complexity index is 1250. The van der Waals surface area contributed by atoms with Gasteiger partial charge in [0, 0.05) is 43.0 Å². The van der Waals surface area contributed by atoms with Crippen LogP contribution in [0.1, 0.15) is 19.7 Å². The normalized spacial score (nSPS) is 18.8. The number of pyridine rings is 1. The van der Waals surface area contributed by atoms with Gasteiger partial charge in [0.25, 0.3) is 0 Å². The van der Waals surface area contributed by atoms with Crippen LogP contribution < -0.4 is 4.90 Å². The van der Waals surface area contributed by atoms with Gasteiger partial charge in [-0.1, -0.05) is 0 Å². The van der Waals surface area contributed by atoms with E-state index in [1.165, 1.54) is 0 Å². The molecule has 0 bridgehead atoms. The van der Waals surface area contributed by atoms with Gasteiger partial charge in [0.1, 0.15) is 17.1 Å². The largest absolute Gasteiger partial charge is 0.378 e. The minimum atomic E-state index is -0.465. The number of morpholine rings is 1. The molecule has 1 fully saturated rings. The standard InChI is InChI=1S/C21H23N7O2/c1-21(2)20-24-15-18(27-5-8-29-9-6-27)25-17(26-19(15)28(20)7-10-30-21)14-11-13-3-4-22-16(13)23-12-14/h3-4,11-12H,5-10H2,1-2H3,(H,22,23). The van der Waals surface area contributed by atoms with Gasteiger partial charge in [0.2, 0.25) is 0 Å². The van der Waals surface area contributed by atoms with Crippen molar-refractivity contribution in [3.05, 3.63) is 30.4 Å². The number of hydrogen-bond acceptors (Lipinski definition) is 7. The second-order valence-corrected chi connectivity index (χ2v) is 8.23. The average molecular weight is 405 g/mol. The van der Waals surface area contributed by atoms with Crippen molar-refractivity contribution < 1.29 is 9.47 Å². The maximum Gasteiger partial charge on any atom is 0.166 e. The molecule has 4 aromatic heterocycles. The summed E-state index contributed by atoms with van der Waals surface area (Å²) in [6.07, 6.45) is 3.71. The minimum Gasteiger partial charge on any atom is -0.378 e. The molecule has 1 saturated heterocycles. The Balaban J connectivity index is 1.60. The fourth-order valence-corrected chi connectivity index (χ4v) is 4.30. The van der Waals surface area contributed by atoms with Gasteiger partial charge in [-0.3, -0.25) is 0 Å². The number of H-pyrrole nitrogens is 1. The summed E-state index contributed by atoms with van der Waals surface area (Å²) in [5.74, 6) is 2.40. The first-order chi connectivity index (χ1) is 14.6. The van der Waals surface area contributed by atoms with Gasteiger partial charge < -0.3 is 23.9 Å². The Morgan fingerprint density at radius 1 is 1.07 bits per heavy atom. The molecule has 0 saturated carbocycles. The number of anilines is 1. The van der Waals surface area contributed by atoms with Gasteiger partial charge in [-0.15, -0.1) is 0 Å². The lowest BCUT2D eigenvalue weighted by atomic mass is 10.1. The molecular weight excluding hydrogens is 382 g/mol. The van der Waals surface area contributed by atoms with Crippen LogP contribution in [0.2, 0.25) is 0 Å². The first-order valence-corrected chi connectivity index (χ1v) is 10.3. The van der Waals surface area contributed by atoms with Crippen LogP contribution in [0.3, 0.4) is 0 Å². The zero-order valence-corrected chi connectivity index (χ0v) is 17.1. The van der Waals surface area contributed by atoms with E-state index in [1.54, 1.807) is 0 Å². The molecule has 9 nitrogen and oxygen atoms in total. The van der Waals surface area contributed by atoms with E-state index in [0.29, 0.717) is 25.6 Å². The third kappa shape index (κ3) is 2.69. The number of fused-ring (bicyclic) bond motifs is 4. The van der Waals surface area contributed by atoms with Gasteiger partial charge in [0.15, 0.2) is 22.8 Å². The van der Waals surface area contributed by atoms with E-state index in [2.05, 4.69) is 39.3 Å². The molecule has 6 rings (SSSR count). The van der Waals surface area contributed by atoms with Crippen LogP contribution >= 0.6 is 0 Å². The lowest BCUT2D eigenvalue weighted by Crippen LogP contribution is -2.37. The first-order valence-electron chi connectivity index (χ1n) is 10.3. The van der Waals surface area contributed by atoms with Crippen molar-refractivity contribution in [3.63, 3.8) is 0 Å². The molecule has 0 aliphatic carbocycles. The van der Waals surface area contributed by atoms with Gasteiger partial charge in [-0.05, 0) is 26.0 Å². The van der Waals surface area contributed by atoms with Crippen LogP contribution in [0.5, 0.6) is 0 Å². The second kappa shape index (κ2) is 6.48. The van der Waals surface area contributed by atoms with Crippen molar-refractivity contribution in [2.24, 2.45) is 0 Å². The van der Waals surface area contributed by atoms with E-state index in [1.807, 2.05) is 18.5 Å². The Labute approximate surface area is 173 Å². The number of aromatic nitrogens is 6. The topological polar surface area (TPSA) is 94.0 Å². The Morgan fingerprint density at radius 3 is 2.80 bits per heavy atom. The van der Waals surface area contributed by atoms with E-state index < -0.39 is 5.60 Å². The Kier molecular flexibility index (Phi) is 3.84. The van der Waals surface area contributed by atoms with E-state index in [9.17, 15) is 0 Å². The second-order valence-electron chi connectivity index (χ2n) is 8.23. The summed E-state index contributed by atoms with van der Waals surface area (Å²) >= 11 is 0. The third-order valence-electron chi connectivity index (χ3n) is 5.86. The maximum atomic E-state index is 5.98. The lowest BCUT2D eigenvalue weighted by molar-refractivity contribution is -0.0530. The fraction of sp³-hybridized carbons (Fsp3) is 0.429. The maximum absolute atomic E-state index is 5.98. The van der Waals surface area contributed by atoms with Crippen molar-refractivity contribution in [3.8, 4) is 11.4 Å². The number of rotatable bonds is 2. The van der Waals surface area contributed by atoms with Crippen LogP contribution in [0.25, 0.3) is 33.6 Å². The smallest absolute Gasteiger partial charge is 0.166 e. The highest BCUT2D eigenvalue weighted by molar-refractivity contribution is 5.87. The fourth-order valence-electron chi connectivity index (χ4n) is 4.30. The summed E-state index contributed by atoms with van der Waals surface area (Å²) in [5.41, 5.74) is 2.95. The van der Waals surface area contributed by atoms with Gasteiger partial charge in [0.05, 0.1) is 19.8 Å². The monoisotopic (exact) mass is 405 g/mol. The van der Waals surface area contributed by atoms with Crippen LogP contribution in [-0.4, -0.2) is 62.4 Å². The van der Waals surface area contributed by atoms with Crippen LogP contribution in [0, 0.1) is 0 Å². The molecule has 1 N–H and O–H groups in total. The van der Waals surface area contributed by atoms with E-state index in [0.717, 1.165) is 59.0 Å². The summed E-state index contributed by atoms with van der Waals surface area (Å²) in [5, 5.41) is 1.04. The molecule has 2 aliphatic heterocycles. The number of nitrogens with one attached hydrogen (secondary N) is 1. The van der Waals surface area contributed by atoms with E-state index in [-0.39, 0.29) is 0 Å². The summed E-state index contributed by atoms with van der Waals surface area (Å²) in [6, 6.07) is 4.08. The molecule has 9 heteroatoms. The Hall–Kier alpha value is -3.04. The highest BCUT2D eigenvalue weighted by Crippen LogP contribution is 2.35. The predicted molar refractivity (Wildman–Crippen MR) is 112 cm³/mol. The van der Waals surface area contributed by atoms with E-state index >= 15 is 0 Å². The molecule has 0 radical (unpaired) electrons. The van der Waals surface area contributed by atoms with Crippen LogP contribution in [0.15, 0.2) is 24.5 Å². The molecule has 0 unspecified atom stereocenters. The van der Waals surface area contributed by atoms with Crippen LogP contribution in [0.4, 0.5) is 5.82 Å². The number of hydrogen-bond donors (Lipinski definition) is 1. The molecular formula is C21H23N7O2. The lowest BCUT2D eigenvalue weighted by Gasteiger charge is -2.30.